The van der Waals surface area contributed by atoms with Crippen molar-refractivity contribution in [2.75, 3.05) is 14.1 Å². The molecule has 1 heterocycles. The molecular weight excluding hydrogens is 422 g/mol. The van der Waals surface area contributed by atoms with Gasteiger partial charge in [-0.15, -0.1) is 0 Å². The summed E-state index contributed by atoms with van der Waals surface area (Å²) in [5, 5.41) is 3.05. The number of amides is 1. The van der Waals surface area contributed by atoms with Crippen LogP contribution in [0.1, 0.15) is 82.5 Å². The number of fused-ring (bicyclic) bond motifs is 5. The highest BCUT2D eigenvalue weighted by Gasteiger charge is 2.62. The lowest BCUT2D eigenvalue weighted by Crippen LogP contribution is -2.59. The Labute approximate surface area is 205 Å². The molecule has 4 aliphatic rings. The molecule has 9 unspecified atom stereocenters. The van der Waals surface area contributed by atoms with E-state index in [9.17, 15) is 9.59 Å². The minimum absolute atomic E-state index is 0.0854. The third-order valence-corrected chi connectivity index (χ3v) is 11.2. The van der Waals surface area contributed by atoms with Crippen LogP contribution < -0.4 is 5.32 Å². The number of nitrogens with zero attached hydrogens (tertiary/aromatic N) is 2. The van der Waals surface area contributed by atoms with Crippen molar-refractivity contribution in [3.05, 3.63) is 30.1 Å². The van der Waals surface area contributed by atoms with Crippen molar-refractivity contribution in [3.63, 3.8) is 0 Å². The molecule has 0 spiro atoms. The predicted molar refractivity (Wildman–Crippen MR) is 134 cm³/mol. The zero-order valence-electron chi connectivity index (χ0n) is 21.7. The summed E-state index contributed by atoms with van der Waals surface area (Å²) in [5.74, 6) is 3.18. The Hall–Kier alpha value is -1.75. The summed E-state index contributed by atoms with van der Waals surface area (Å²) in [6, 6.07) is 3.79. The molecule has 0 aliphatic heterocycles. The number of rotatable bonds is 4. The maximum absolute atomic E-state index is 13.7. The van der Waals surface area contributed by atoms with E-state index in [2.05, 4.69) is 50.1 Å². The normalized spacial score (nSPS) is 42.5. The minimum Gasteiger partial charge on any atom is -0.342 e. The van der Waals surface area contributed by atoms with Crippen LogP contribution in [0.3, 0.4) is 0 Å². The molecular formula is C29H43N3O2. The molecule has 34 heavy (non-hydrogen) atoms. The Morgan fingerprint density at radius 2 is 1.79 bits per heavy atom. The first-order valence-corrected chi connectivity index (χ1v) is 13.6. The first-order chi connectivity index (χ1) is 16.2. The van der Waals surface area contributed by atoms with Gasteiger partial charge in [-0.25, -0.2) is 0 Å². The molecule has 5 nitrogen and oxygen atoms in total. The van der Waals surface area contributed by atoms with Crippen LogP contribution in [-0.4, -0.2) is 47.8 Å². The van der Waals surface area contributed by atoms with Crippen LogP contribution in [0.15, 0.2) is 24.5 Å². The Bertz CT molecular complexity index is 933. The lowest BCUT2D eigenvalue weighted by atomic mass is 9.44. The highest BCUT2D eigenvalue weighted by molar-refractivity contribution is 5.98. The van der Waals surface area contributed by atoms with Gasteiger partial charge in [0, 0.05) is 24.4 Å². The fourth-order valence-corrected chi connectivity index (χ4v) is 9.20. The van der Waals surface area contributed by atoms with Crippen molar-refractivity contribution in [2.24, 2.45) is 40.4 Å². The standard InChI is InChI=1S/C29H43N3O2/c1-18(32(4)5)21-10-11-22-20-8-9-24-26(33)25(31-27(34)19-7-6-16-30-17-19)13-15-29(24,3)23(20)12-14-28(21,22)2/h6-7,16-18,20-25H,8-15H2,1-5H3,(H,31,34). The van der Waals surface area contributed by atoms with Gasteiger partial charge in [0.05, 0.1) is 11.6 Å². The van der Waals surface area contributed by atoms with E-state index in [1.54, 1.807) is 24.5 Å². The Morgan fingerprint density at radius 1 is 1.06 bits per heavy atom. The SMILES string of the molecule is CC(C1CCC2C3CCC4C(=O)C(NC(=O)c5cccnc5)CCC4(C)C3CCC21C)N(C)C. The summed E-state index contributed by atoms with van der Waals surface area (Å²) in [6.07, 6.45) is 12.5. The van der Waals surface area contributed by atoms with Crippen LogP contribution in [0.2, 0.25) is 0 Å². The highest BCUT2D eigenvalue weighted by Crippen LogP contribution is 2.67. The summed E-state index contributed by atoms with van der Waals surface area (Å²) < 4.78 is 0. The van der Waals surface area contributed by atoms with Gasteiger partial charge in [0.1, 0.15) is 0 Å². The van der Waals surface area contributed by atoms with Crippen LogP contribution in [0.5, 0.6) is 0 Å². The quantitative estimate of drug-likeness (QED) is 0.682. The van der Waals surface area contributed by atoms with Crippen LogP contribution in [0.25, 0.3) is 0 Å². The van der Waals surface area contributed by atoms with Crippen molar-refractivity contribution in [1.82, 2.24) is 15.2 Å². The summed E-state index contributed by atoms with van der Waals surface area (Å²) in [7, 11) is 4.47. The Balaban J connectivity index is 1.31. The zero-order valence-corrected chi connectivity index (χ0v) is 21.7. The molecule has 0 saturated heterocycles. The van der Waals surface area contributed by atoms with Gasteiger partial charge in [-0.05, 0) is 119 Å². The van der Waals surface area contributed by atoms with E-state index in [0.717, 1.165) is 37.0 Å². The summed E-state index contributed by atoms with van der Waals surface area (Å²) in [5.41, 5.74) is 1.05. The summed E-state index contributed by atoms with van der Waals surface area (Å²) in [6.45, 7) is 7.43. The number of carbonyl (C=O) groups excluding carboxylic acids is 2. The first-order valence-electron chi connectivity index (χ1n) is 13.6. The maximum atomic E-state index is 13.7. The van der Waals surface area contributed by atoms with Gasteiger partial charge in [-0.2, -0.15) is 0 Å². The molecule has 1 aromatic rings. The summed E-state index contributed by atoms with van der Waals surface area (Å²) in [4.78, 5) is 32.9. The monoisotopic (exact) mass is 465 g/mol. The van der Waals surface area contributed by atoms with E-state index in [-0.39, 0.29) is 29.1 Å². The number of hydrogen-bond acceptors (Lipinski definition) is 4. The van der Waals surface area contributed by atoms with E-state index in [1.807, 2.05) is 0 Å². The largest absolute Gasteiger partial charge is 0.342 e. The average molecular weight is 466 g/mol. The molecule has 5 rings (SSSR count). The molecule has 186 valence electrons. The molecule has 9 atom stereocenters. The third-order valence-electron chi connectivity index (χ3n) is 11.2. The predicted octanol–water partition coefficient (Wildman–Crippen LogP) is 4.97. The topological polar surface area (TPSA) is 62.3 Å². The van der Waals surface area contributed by atoms with E-state index in [0.29, 0.717) is 22.9 Å². The fraction of sp³-hybridized carbons (Fsp3) is 0.759. The molecule has 0 bridgehead atoms. The van der Waals surface area contributed by atoms with Gasteiger partial charge >= 0.3 is 0 Å². The van der Waals surface area contributed by atoms with Crippen molar-refractivity contribution < 1.29 is 9.59 Å². The Morgan fingerprint density at radius 3 is 2.50 bits per heavy atom. The molecule has 1 amide bonds. The molecule has 5 heteroatoms. The van der Waals surface area contributed by atoms with E-state index in [1.165, 1.54) is 32.1 Å². The van der Waals surface area contributed by atoms with Crippen LogP contribution in [0, 0.1) is 40.4 Å². The molecule has 4 aliphatic carbocycles. The molecule has 0 aromatic carbocycles. The third kappa shape index (κ3) is 3.65. The van der Waals surface area contributed by atoms with Crippen LogP contribution in [0.4, 0.5) is 0 Å². The van der Waals surface area contributed by atoms with Crippen molar-refractivity contribution in [2.45, 2.75) is 84.2 Å². The lowest BCUT2D eigenvalue weighted by Gasteiger charge is -2.61. The number of hydrogen-bond donors (Lipinski definition) is 1. The fourth-order valence-electron chi connectivity index (χ4n) is 9.20. The van der Waals surface area contributed by atoms with E-state index < -0.39 is 0 Å². The second kappa shape index (κ2) is 8.72. The number of aromatic nitrogens is 1. The smallest absolute Gasteiger partial charge is 0.253 e. The number of carbonyl (C=O) groups is 2. The number of ketones is 1. The van der Waals surface area contributed by atoms with E-state index in [4.69, 9.17) is 0 Å². The molecule has 0 radical (unpaired) electrons. The van der Waals surface area contributed by atoms with Crippen molar-refractivity contribution >= 4 is 11.7 Å². The first kappa shape index (κ1) is 24.0. The lowest BCUT2D eigenvalue weighted by molar-refractivity contribution is -0.151. The second-order valence-corrected chi connectivity index (χ2v) is 12.7. The van der Waals surface area contributed by atoms with Gasteiger partial charge in [-0.3, -0.25) is 14.6 Å². The van der Waals surface area contributed by atoms with Crippen molar-refractivity contribution in [3.8, 4) is 0 Å². The van der Waals surface area contributed by atoms with Crippen LogP contribution in [-0.2, 0) is 4.79 Å². The molecule has 4 saturated carbocycles. The number of nitrogens with one attached hydrogen (secondary N) is 1. The van der Waals surface area contributed by atoms with Crippen LogP contribution >= 0.6 is 0 Å². The minimum atomic E-state index is -0.354. The second-order valence-electron chi connectivity index (χ2n) is 12.7. The Kier molecular flexibility index (Phi) is 6.15. The van der Waals surface area contributed by atoms with Gasteiger partial charge in [0.25, 0.3) is 5.91 Å². The molecule has 1 N–H and O–H groups in total. The summed E-state index contributed by atoms with van der Waals surface area (Å²) >= 11 is 0. The van der Waals surface area contributed by atoms with Crippen molar-refractivity contribution in [1.29, 1.82) is 0 Å². The van der Waals surface area contributed by atoms with Gasteiger partial charge in [0.2, 0.25) is 0 Å². The van der Waals surface area contributed by atoms with Gasteiger partial charge in [0.15, 0.2) is 5.78 Å². The van der Waals surface area contributed by atoms with E-state index >= 15 is 0 Å². The molecule has 4 fully saturated rings. The molecule has 1 aromatic heterocycles. The maximum Gasteiger partial charge on any atom is 0.253 e. The van der Waals surface area contributed by atoms with Gasteiger partial charge in [-0.1, -0.05) is 13.8 Å². The van der Waals surface area contributed by atoms with Gasteiger partial charge < -0.3 is 10.2 Å². The number of pyridine rings is 1. The number of Topliss-reactive ketones (excluding diaryl/α,β-unsaturated/α-hetero) is 1. The average Bonchev–Trinajstić information content (AvgIpc) is 3.18. The zero-order chi connectivity index (χ0) is 24.3. The highest BCUT2D eigenvalue weighted by atomic mass is 16.2.